The summed E-state index contributed by atoms with van der Waals surface area (Å²) in [5.74, 6) is 0.519. The molecule has 0 radical (unpaired) electrons. The molecule has 1 spiro atoms. The Bertz CT molecular complexity index is 770. The van der Waals surface area contributed by atoms with Crippen molar-refractivity contribution in [3.8, 4) is 0 Å². The van der Waals surface area contributed by atoms with E-state index in [-0.39, 0.29) is 17.6 Å². The third-order valence-corrected chi connectivity index (χ3v) is 5.04. The van der Waals surface area contributed by atoms with Crippen LogP contribution in [0.3, 0.4) is 0 Å². The molecule has 1 atom stereocenters. The fraction of sp³-hybridized carbons (Fsp3) is 0.562. The van der Waals surface area contributed by atoms with Gasteiger partial charge in [0.05, 0.1) is 5.41 Å². The quantitative estimate of drug-likeness (QED) is 0.824. The monoisotopic (exact) mass is 328 g/mol. The molecule has 2 aromatic heterocycles. The van der Waals surface area contributed by atoms with Gasteiger partial charge in [0.15, 0.2) is 0 Å². The van der Waals surface area contributed by atoms with Crippen LogP contribution in [0.25, 0.3) is 5.78 Å². The van der Waals surface area contributed by atoms with E-state index < -0.39 is 5.41 Å². The Morgan fingerprint density at radius 2 is 2.17 bits per heavy atom. The second-order valence-electron chi connectivity index (χ2n) is 6.60. The zero-order valence-electron chi connectivity index (χ0n) is 13.7. The van der Waals surface area contributed by atoms with Crippen LogP contribution in [0, 0.1) is 5.41 Å². The summed E-state index contributed by atoms with van der Waals surface area (Å²) in [6.07, 6.45) is 5.84. The lowest BCUT2D eigenvalue weighted by Gasteiger charge is -2.23. The number of carbonyl (C=O) groups excluding carboxylic acids is 2. The van der Waals surface area contributed by atoms with Gasteiger partial charge in [-0.05, 0) is 25.3 Å². The van der Waals surface area contributed by atoms with Crippen molar-refractivity contribution in [2.45, 2.75) is 26.2 Å². The number of rotatable bonds is 3. The number of carbonyl (C=O) groups is 2. The number of amides is 2. The average Bonchev–Trinajstić information content (AvgIpc) is 3.28. The van der Waals surface area contributed by atoms with Crippen LogP contribution >= 0.6 is 0 Å². The summed E-state index contributed by atoms with van der Waals surface area (Å²) in [4.78, 5) is 37.3. The molecule has 8 heteroatoms. The maximum absolute atomic E-state index is 12.7. The topological polar surface area (TPSA) is 83.7 Å². The fourth-order valence-electron chi connectivity index (χ4n) is 3.77. The molecule has 0 bridgehead atoms. The summed E-state index contributed by atoms with van der Waals surface area (Å²) in [5, 5.41) is 4.19. The van der Waals surface area contributed by atoms with Crippen molar-refractivity contribution in [2.75, 3.05) is 26.2 Å². The Labute approximate surface area is 139 Å². The van der Waals surface area contributed by atoms with Gasteiger partial charge in [0, 0.05) is 38.6 Å². The lowest BCUT2D eigenvalue weighted by Crippen LogP contribution is -2.38. The zero-order chi connectivity index (χ0) is 16.7. The number of likely N-dealkylation sites (tertiary alicyclic amines) is 2. The van der Waals surface area contributed by atoms with Crippen molar-refractivity contribution in [1.29, 1.82) is 0 Å². The van der Waals surface area contributed by atoms with E-state index in [2.05, 4.69) is 22.0 Å². The molecule has 2 aromatic rings. The van der Waals surface area contributed by atoms with Gasteiger partial charge in [0.2, 0.25) is 11.7 Å². The highest BCUT2D eigenvalue weighted by molar-refractivity contribution is 5.93. The van der Waals surface area contributed by atoms with Crippen LogP contribution in [0.4, 0.5) is 0 Å². The molecule has 126 valence electrons. The van der Waals surface area contributed by atoms with Crippen LogP contribution < -0.4 is 0 Å². The Hall–Kier alpha value is -2.51. The minimum absolute atomic E-state index is 0.140. The molecule has 4 rings (SSSR count). The van der Waals surface area contributed by atoms with Gasteiger partial charge in [-0.15, -0.1) is 5.10 Å². The smallest absolute Gasteiger partial charge is 0.293 e. The molecule has 4 heterocycles. The fourth-order valence-corrected chi connectivity index (χ4v) is 3.77. The van der Waals surface area contributed by atoms with Gasteiger partial charge in [0.25, 0.3) is 11.7 Å². The van der Waals surface area contributed by atoms with E-state index in [1.165, 1.54) is 4.52 Å². The molecule has 2 amide bonds. The highest BCUT2D eigenvalue weighted by Crippen LogP contribution is 2.40. The van der Waals surface area contributed by atoms with E-state index in [9.17, 15) is 9.59 Å². The third kappa shape index (κ3) is 2.24. The summed E-state index contributed by atoms with van der Waals surface area (Å²) >= 11 is 0. The number of aromatic nitrogens is 4. The number of fused-ring (bicyclic) bond motifs is 1. The second kappa shape index (κ2) is 5.54. The van der Waals surface area contributed by atoms with E-state index in [0.717, 1.165) is 32.4 Å². The van der Waals surface area contributed by atoms with E-state index in [1.807, 2.05) is 4.90 Å². The number of hydrogen-bond acceptors (Lipinski definition) is 5. The van der Waals surface area contributed by atoms with Gasteiger partial charge < -0.3 is 9.80 Å². The standard InChI is InChI=1S/C16H20N6O2/c1-2-7-20-9-4-16(14(20)24)5-10-21(11-16)13(23)12-18-15-17-6-3-8-22(15)19-12/h3,6,8H,2,4-5,7,9-11H2,1H3. The normalized spacial score (nSPS) is 23.8. The van der Waals surface area contributed by atoms with E-state index in [4.69, 9.17) is 0 Å². The first-order valence-electron chi connectivity index (χ1n) is 8.39. The zero-order valence-corrected chi connectivity index (χ0v) is 13.7. The Kier molecular flexibility index (Phi) is 3.47. The SMILES string of the molecule is CCCN1CCC2(CCN(C(=O)c3nc4ncccn4n3)C2)C1=O. The third-order valence-electron chi connectivity index (χ3n) is 5.04. The lowest BCUT2D eigenvalue weighted by atomic mass is 9.85. The number of hydrogen-bond donors (Lipinski definition) is 0. The first-order valence-corrected chi connectivity index (χ1v) is 8.39. The number of nitrogens with zero attached hydrogens (tertiary/aromatic N) is 6. The molecule has 8 nitrogen and oxygen atoms in total. The summed E-state index contributed by atoms with van der Waals surface area (Å²) < 4.78 is 1.49. The van der Waals surface area contributed by atoms with Gasteiger partial charge >= 0.3 is 0 Å². The van der Waals surface area contributed by atoms with Gasteiger partial charge in [-0.25, -0.2) is 9.50 Å². The van der Waals surface area contributed by atoms with Crippen molar-refractivity contribution in [2.24, 2.45) is 5.41 Å². The van der Waals surface area contributed by atoms with Gasteiger partial charge in [-0.1, -0.05) is 6.92 Å². The molecule has 0 aromatic carbocycles. The first-order chi connectivity index (χ1) is 11.6. The van der Waals surface area contributed by atoms with Crippen LogP contribution in [-0.2, 0) is 4.79 Å². The molecule has 24 heavy (non-hydrogen) atoms. The molecule has 2 aliphatic heterocycles. The Balaban J connectivity index is 1.52. The molecule has 0 saturated carbocycles. The van der Waals surface area contributed by atoms with Gasteiger partial charge in [-0.2, -0.15) is 4.98 Å². The molecule has 0 N–H and O–H groups in total. The van der Waals surface area contributed by atoms with Crippen molar-refractivity contribution in [3.05, 3.63) is 24.3 Å². The Morgan fingerprint density at radius 3 is 2.96 bits per heavy atom. The Morgan fingerprint density at radius 1 is 1.33 bits per heavy atom. The molecule has 0 aliphatic carbocycles. The van der Waals surface area contributed by atoms with Crippen LogP contribution in [0.15, 0.2) is 18.5 Å². The lowest BCUT2D eigenvalue weighted by molar-refractivity contribution is -0.135. The molecular weight excluding hydrogens is 308 g/mol. The summed E-state index contributed by atoms with van der Waals surface area (Å²) in [6.45, 7) is 4.71. The summed E-state index contributed by atoms with van der Waals surface area (Å²) in [5.41, 5.74) is -0.401. The molecular formula is C16H20N6O2. The van der Waals surface area contributed by atoms with Gasteiger partial charge in [0.1, 0.15) is 0 Å². The second-order valence-corrected chi connectivity index (χ2v) is 6.60. The minimum atomic E-state index is -0.401. The van der Waals surface area contributed by atoms with Crippen molar-refractivity contribution < 1.29 is 9.59 Å². The van der Waals surface area contributed by atoms with E-state index >= 15 is 0 Å². The maximum Gasteiger partial charge on any atom is 0.293 e. The highest BCUT2D eigenvalue weighted by Gasteiger charge is 2.51. The predicted molar refractivity (Wildman–Crippen MR) is 85.2 cm³/mol. The molecule has 2 aliphatic rings. The largest absolute Gasteiger partial charge is 0.342 e. The first kappa shape index (κ1) is 15.0. The molecule has 2 saturated heterocycles. The predicted octanol–water partition coefficient (Wildman–Crippen LogP) is 0.599. The van der Waals surface area contributed by atoms with Crippen LogP contribution in [0.1, 0.15) is 36.8 Å². The molecule has 1 unspecified atom stereocenters. The van der Waals surface area contributed by atoms with Crippen LogP contribution in [-0.4, -0.2) is 67.4 Å². The average molecular weight is 328 g/mol. The van der Waals surface area contributed by atoms with Gasteiger partial charge in [-0.3, -0.25) is 9.59 Å². The molecule has 2 fully saturated rings. The van der Waals surface area contributed by atoms with Crippen molar-refractivity contribution in [3.63, 3.8) is 0 Å². The maximum atomic E-state index is 12.7. The van der Waals surface area contributed by atoms with E-state index in [0.29, 0.717) is 18.9 Å². The van der Waals surface area contributed by atoms with E-state index in [1.54, 1.807) is 23.4 Å². The minimum Gasteiger partial charge on any atom is -0.342 e. The van der Waals surface area contributed by atoms with Crippen LogP contribution in [0.5, 0.6) is 0 Å². The highest BCUT2D eigenvalue weighted by atomic mass is 16.2. The summed E-state index contributed by atoms with van der Waals surface area (Å²) in [6, 6.07) is 1.74. The van der Waals surface area contributed by atoms with Crippen molar-refractivity contribution >= 4 is 17.6 Å². The summed E-state index contributed by atoms with van der Waals surface area (Å²) in [7, 11) is 0. The van der Waals surface area contributed by atoms with Crippen LogP contribution in [0.2, 0.25) is 0 Å². The van der Waals surface area contributed by atoms with Crippen molar-refractivity contribution in [1.82, 2.24) is 29.4 Å².